The van der Waals surface area contributed by atoms with Crippen molar-refractivity contribution in [2.45, 2.75) is 64.6 Å². The third-order valence-electron chi connectivity index (χ3n) is 4.74. The maximum Gasteiger partial charge on any atom is 0.135 e. The van der Waals surface area contributed by atoms with Crippen molar-refractivity contribution in [1.82, 2.24) is 4.90 Å². The fraction of sp³-hybridized carbons (Fsp3) is 0.478. The first-order valence-corrected chi connectivity index (χ1v) is 10.6. The van der Waals surface area contributed by atoms with Crippen LogP contribution in [0.1, 0.15) is 60.3 Å². The summed E-state index contributed by atoms with van der Waals surface area (Å²) in [6, 6.07) is 8.32. The van der Waals surface area contributed by atoms with Crippen molar-refractivity contribution in [2.24, 2.45) is 0 Å². The zero-order valence-electron chi connectivity index (χ0n) is 16.7. The first-order chi connectivity index (χ1) is 13.0. The van der Waals surface area contributed by atoms with E-state index in [2.05, 4.69) is 44.0 Å². The molecule has 3 nitrogen and oxygen atoms in total. The first kappa shape index (κ1) is 21.7. The smallest absolute Gasteiger partial charge is 0.135 e. The van der Waals surface area contributed by atoms with Crippen LogP contribution in [-0.2, 0) is 18.7 Å². The summed E-state index contributed by atoms with van der Waals surface area (Å²) in [6.07, 6.45) is 7.52. The van der Waals surface area contributed by atoms with Crippen LogP contribution in [0.3, 0.4) is 0 Å². The summed E-state index contributed by atoms with van der Waals surface area (Å²) in [5.41, 5.74) is -0.957. The Morgan fingerprint density at radius 3 is 2.37 bits per heavy atom. The number of rotatable bonds is 13. The van der Waals surface area contributed by atoms with Crippen molar-refractivity contribution in [3.05, 3.63) is 70.9 Å². The summed E-state index contributed by atoms with van der Waals surface area (Å²) in [6.45, 7) is 14.6. The predicted octanol–water partition coefficient (Wildman–Crippen LogP) is 6.18. The van der Waals surface area contributed by atoms with E-state index in [1.165, 1.54) is 9.75 Å². The molecule has 0 atom stereocenters. The van der Waals surface area contributed by atoms with E-state index in [0.717, 1.165) is 44.7 Å². The molecule has 0 aromatic carbocycles. The highest BCUT2D eigenvalue weighted by atomic mass is 32.1. The van der Waals surface area contributed by atoms with Crippen LogP contribution in [0.4, 0.5) is 0 Å². The maximum atomic E-state index is 11.1. The number of thiophene rings is 1. The molecule has 0 aliphatic rings. The lowest BCUT2D eigenvalue weighted by Crippen LogP contribution is -2.25. The van der Waals surface area contributed by atoms with Gasteiger partial charge in [0.1, 0.15) is 17.1 Å². The molecule has 2 heterocycles. The number of hydrogen-bond acceptors (Lipinski definition) is 4. The van der Waals surface area contributed by atoms with E-state index in [1.807, 2.05) is 35.6 Å². The number of nitrogens with zero attached hydrogens (tertiary/aromatic N) is 1. The molecule has 0 bridgehead atoms. The molecule has 2 aromatic rings. The maximum absolute atomic E-state index is 11.1. The number of hydrogen-bond donors (Lipinski definition) is 1. The average molecular weight is 388 g/mol. The summed E-state index contributed by atoms with van der Waals surface area (Å²) < 4.78 is 6.11. The average Bonchev–Trinajstić information content (AvgIpc) is 3.28. The number of aryl methyl sites for hydroxylation is 1. The second-order valence-corrected chi connectivity index (χ2v) is 8.55. The van der Waals surface area contributed by atoms with E-state index < -0.39 is 5.60 Å². The zero-order valence-corrected chi connectivity index (χ0v) is 17.6. The molecule has 2 aromatic heterocycles. The van der Waals surface area contributed by atoms with Crippen LogP contribution >= 0.6 is 11.3 Å². The van der Waals surface area contributed by atoms with Crippen LogP contribution in [0.2, 0.25) is 0 Å². The lowest BCUT2D eigenvalue weighted by Gasteiger charge is -2.25. The molecule has 0 saturated heterocycles. The van der Waals surface area contributed by atoms with Crippen molar-refractivity contribution in [1.29, 1.82) is 0 Å². The summed E-state index contributed by atoms with van der Waals surface area (Å²) >= 11 is 1.85. The van der Waals surface area contributed by atoms with Gasteiger partial charge in [0.05, 0.1) is 6.54 Å². The largest absolute Gasteiger partial charge is 0.462 e. The second-order valence-electron chi connectivity index (χ2n) is 7.18. The van der Waals surface area contributed by atoms with Crippen molar-refractivity contribution in [3.8, 4) is 0 Å². The quantitative estimate of drug-likeness (QED) is 0.417. The molecule has 0 saturated carbocycles. The molecule has 0 aliphatic heterocycles. The molecule has 0 aliphatic carbocycles. The Labute approximate surface area is 168 Å². The minimum Gasteiger partial charge on any atom is -0.462 e. The van der Waals surface area contributed by atoms with Gasteiger partial charge in [-0.15, -0.1) is 24.5 Å². The Kier molecular flexibility index (Phi) is 8.55. The van der Waals surface area contributed by atoms with Gasteiger partial charge in [-0.1, -0.05) is 19.1 Å². The summed E-state index contributed by atoms with van der Waals surface area (Å²) in [5, 5.41) is 11.1. The van der Waals surface area contributed by atoms with Gasteiger partial charge in [0.15, 0.2) is 0 Å². The Morgan fingerprint density at radius 2 is 1.81 bits per heavy atom. The Morgan fingerprint density at radius 1 is 1.11 bits per heavy atom. The van der Waals surface area contributed by atoms with E-state index in [-0.39, 0.29) is 0 Å². The summed E-state index contributed by atoms with van der Waals surface area (Å²) in [7, 11) is 0. The molecule has 4 heteroatoms. The van der Waals surface area contributed by atoms with Gasteiger partial charge in [-0.25, -0.2) is 0 Å². The van der Waals surface area contributed by atoms with Gasteiger partial charge >= 0.3 is 0 Å². The van der Waals surface area contributed by atoms with Gasteiger partial charge in [0, 0.05) is 16.3 Å². The van der Waals surface area contributed by atoms with Gasteiger partial charge in [-0.3, -0.25) is 4.90 Å². The van der Waals surface area contributed by atoms with Gasteiger partial charge < -0.3 is 9.52 Å². The van der Waals surface area contributed by atoms with Crippen LogP contribution in [0, 0.1) is 6.92 Å². The highest BCUT2D eigenvalue weighted by Gasteiger charge is 2.31. The molecular weight excluding hydrogens is 354 g/mol. The molecule has 2 rings (SSSR count). The summed E-state index contributed by atoms with van der Waals surface area (Å²) in [4.78, 5) is 5.12. The van der Waals surface area contributed by atoms with Crippen LogP contribution < -0.4 is 0 Å². The fourth-order valence-corrected chi connectivity index (χ4v) is 4.24. The normalized spacial score (nSPS) is 11.9. The van der Waals surface area contributed by atoms with Crippen LogP contribution in [-0.4, -0.2) is 16.6 Å². The number of furan rings is 1. The highest BCUT2D eigenvalue weighted by Crippen LogP contribution is 2.33. The van der Waals surface area contributed by atoms with Gasteiger partial charge in [0.25, 0.3) is 0 Å². The SMILES string of the molecule is C=CCCC(O)(CCC=C)c1ccc(CN(CCC)Cc2ccc(C)s2)o1. The molecule has 0 amide bonds. The van der Waals surface area contributed by atoms with E-state index >= 15 is 0 Å². The minimum atomic E-state index is -0.957. The third-order valence-corrected chi connectivity index (χ3v) is 5.72. The lowest BCUT2D eigenvalue weighted by molar-refractivity contribution is -0.00213. The standard InChI is InChI=1S/C23H33NO2S/c1-5-8-14-23(25,15-9-6-2)22-13-11-20(26-22)17-24(16-7-3)18-21-12-10-19(4)27-21/h5-6,10-13,25H,1-2,7-9,14-18H2,3-4H3. The van der Waals surface area contributed by atoms with E-state index in [0.29, 0.717) is 18.6 Å². The second kappa shape index (κ2) is 10.6. The minimum absolute atomic E-state index is 0.616. The molecule has 1 N–H and O–H groups in total. The van der Waals surface area contributed by atoms with Crippen LogP contribution in [0.5, 0.6) is 0 Å². The molecular formula is C23H33NO2S. The zero-order chi connectivity index (χ0) is 19.7. The van der Waals surface area contributed by atoms with E-state index in [4.69, 9.17) is 4.42 Å². The molecule has 0 radical (unpaired) electrons. The first-order valence-electron chi connectivity index (χ1n) is 9.81. The molecule has 27 heavy (non-hydrogen) atoms. The Balaban J connectivity index is 2.10. The monoisotopic (exact) mass is 387 g/mol. The molecule has 0 spiro atoms. The van der Waals surface area contributed by atoms with Crippen LogP contribution in [0.25, 0.3) is 0 Å². The van der Waals surface area contributed by atoms with Gasteiger partial charge in [-0.05, 0) is 69.8 Å². The van der Waals surface area contributed by atoms with E-state index in [1.54, 1.807) is 0 Å². The molecule has 0 fully saturated rings. The van der Waals surface area contributed by atoms with Crippen LogP contribution in [0.15, 0.2) is 54.0 Å². The van der Waals surface area contributed by atoms with Crippen molar-refractivity contribution < 1.29 is 9.52 Å². The topological polar surface area (TPSA) is 36.6 Å². The molecule has 148 valence electrons. The summed E-state index contributed by atoms with van der Waals surface area (Å²) in [5.74, 6) is 1.56. The van der Waals surface area contributed by atoms with Gasteiger partial charge in [0.2, 0.25) is 0 Å². The lowest BCUT2D eigenvalue weighted by atomic mass is 9.89. The van der Waals surface area contributed by atoms with Crippen molar-refractivity contribution >= 4 is 11.3 Å². The fourth-order valence-electron chi connectivity index (χ4n) is 3.31. The third kappa shape index (κ3) is 6.49. The van der Waals surface area contributed by atoms with Crippen molar-refractivity contribution in [3.63, 3.8) is 0 Å². The van der Waals surface area contributed by atoms with E-state index in [9.17, 15) is 5.11 Å². The Hall–Kier alpha value is -1.62. The predicted molar refractivity (Wildman–Crippen MR) is 115 cm³/mol. The number of allylic oxidation sites excluding steroid dienone is 2. The van der Waals surface area contributed by atoms with Gasteiger partial charge in [-0.2, -0.15) is 0 Å². The number of aliphatic hydroxyl groups is 1. The highest BCUT2D eigenvalue weighted by molar-refractivity contribution is 7.11. The molecule has 0 unspecified atom stereocenters. The Bertz CT molecular complexity index is 704. The van der Waals surface area contributed by atoms with Crippen molar-refractivity contribution in [2.75, 3.05) is 6.54 Å².